The fourth-order valence-electron chi connectivity index (χ4n) is 2.04. The first-order valence-electron chi connectivity index (χ1n) is 6.02. The van der Waals surface area contributed by atoms with Crippen LogP contribution in [0.3, 0.4) is 0 Å². The van der Waals surface area contributed by atoms with Gasteiger partial charge in [0.05, 0.1) is 22.5 Å². The number of hydrogen-bond donors (Lipinski definition) is 1. The molecule has 0 bridgehead atoms. The minimum absolute atomic E-state index is 0.238. The van der Waals surface area contributed by atoms with Crippen molar-refractivity contribution in [2.24, 2.45) is 0 Å². The van der Waals surface area contributed by atoms with Gasteiger partial charge in [-0.05, 0) is 36.4 Å². The summed E-state index contributed by atoms with van der Waals surface area (Å²) >= 11 is 0.881. The molecule has 2 aromatic rings. The summed E-state index contributed by atoms with van der Waals surface area (Å²) in [5, 5.41) is 2.84. The summed E-state index contributed by atoms with van der Waals surface area (Å²) in [6.45, 7) is 0. The molecule has 1 nitrogen and oxygen atoms in total. The largest absolute Gasteiger partial charge is 0.416 e. The molecule has 1 N–H and O–H groups in total. The summed E-state index contributed by atoms with van der Waals surface area (Å²) in [5.41, 5.74) is -0.803. The Labute approximate surface area is 125 Å². The van der Waals surface area contributed by atoms with Crippen LogP contribution in [0.25, 0.3) is 0 Å². The van der Waals surface area contributed by atoms with Crippen molar-refractivity contribution in [3.8, 4) is 0 Å². The van der Waals surface area contributed by atoms with Gasteiger partial charge in [-0.1, -0.05) is 11.8 Å². The van der Waals surface area contributed by atoms with Crippen LogP contribution in [0.5, 0.6) is 0 Å². The van der Waals surface area contributed by atoms with Gasteiger partial charge in [0.2, 0.25) is 0 Å². The van der Waals surface area contributed by atoms with Crippen LogP contribution in [0.2, 0.25) is 0 Å². The maximum Gasteiger partial charge on any atom is 0.416 e. The average molecular weight is 335 g/mol. The Kier molecular flexibility index (Phi) is 3.32. The molecule has 22 heavy (non-hydrogen) atoms. The van der Waals surface area contributed by atoms with E-state index in [-0.39, 0.29) is 9.79 Å². The summed E-state index contributed by atoms with van der Waals surface area (Å²) < 4.78 is 76.2. The summed E-state index contributed by atoms with van der Waals surface area (Å²) in [6, 6.07) is 6.26. The highest BCUT2D eigenvalue weighted by Gasteiger charge is 2.33. The smallest absolute Gasteiger partial charge is 0.354 e. The van der Waals surface area contributed by atoms with E-state index >= 15 is 0 Å². The topological polar surface area (TPSA) is 12.0 Å². The highest BCUT2D eigenvalue weighted by Crippen LogP contribution is 2.47. The Morgan fingerprint density at radius 3 is 1.45 bits per heavy atom. The minimum Gasteiger partial charge on any atom is -0.354 e. The third kappa shape index (κ3) is 2.75. The van der Waals surface area contributed by atoms with Crippen molar-refractivity contribution in [3.05, 3.63) is 47.5 Å². The van der Waals surface area contributed by atoms with Gasteiger partial charge in [-0.3, -0.25) is 0 Å². The van der Waals surface area contributed by atoms with Crippen LogP contribution in [0.4, 0.5) is 37.7 Å². The van der Waals surface area contributed by atoms with E-state index in [2.05, 4.69) is 5.32 Å². The van der Waals surface area contributed by atoms with Gasteiger partial charge in [-0.25, -0.2) is 0 Å². The molecule has 2 aromatic carbocycles. The molecule has 0 unspecified atom stereocenters. The Hall–Kier alpha value is -1.83. The van der Waals surface area contributed by atoms with Crippen molar-refractivity contribution >= 4 is 23.1 Å². The lowest BCUT2D eigenvalue weighted by atomic mass is 10.1. The summed E-state index contributed by atoms with van der Waals surface area (Å²) in [4.78, 5) is 0.475. The Bertz CT molecular complexity index is 674. The van der Waals surface area contributed by atoms with E-state index in [1.165, 1.54) is 12.1 Å². The Morgan fingerprint density at radius 2 is 1.09 bits per heavy atom. The van der Waals surface area contributed by atoms with Crippen LogP contribution < -0.4 is 5.32 Å². The molecule has 0 aliphatic carbocycles. The minimum atomic E-state index is -4.50. The SMILES string of the molecule is FC(F)(F)c1ccc2c(c1)Sc1cc(C(F)(F)F)ccc1N2. The molecule has 0 saturated heterocycles. The molecule has 3 rings (SSSR count). The first-order valence-corrected chi connectivity index (χ1v) is 6.83. The predicted molar refractivity (Wildman–Crippen MR) is 70.3 cm³/mol. The van der Waals surface area contributed by atoms with Crippen LogP contribution >= 0.6 is 11.8 Å². The van der Waals surface area contributed by atoms with Gasteiger partial charge in [-0.2, -0.15) is 26.3 Å². The zero-order valence-corrected chi connectivity index (χ0v) is 11.5. The summed E-state index contributed by atoms with van der Waals surface area (Å²) in [6.07, 6.45) is -8.99. The van der Waals surface area contributed by atoms with E-state index < -0.39 is 23.5 Å². The fraction of sp³-hybridized carbons (Fsp3) is 0.143. The van der Waals surface area contributed by atoms with Crippen molar-refractivity contribution in [2.75, 3.05) is 5.32 Å². The normalized spacial score (nSPS) is 14.1. The molecule has 0 fully saturated rings. The van der Waals surface area contributed by atoms with Crippen LogP contribution in [-0.2, 0) is 12.4 Å². The number of fused-ring (bicyclic) bond motifs is 2. The number of halogens is 6. The quantitative estimate of drug-likeness (QED) is 0.511. The first-order chi connectivity index (χ1) is 10.1. The average Bonchev–Trinajstić information content (AvgIpc) is 2.41. The van der Waals surface area contributed by atoms with Gasteiger partial charge < -0.3 is 5.32 Å². The molecule has 1 heterocycles. The molecule has 0 radical (unpaired) electrons. The number of rotatable bonds is 0. The standard InChI is InChI=1S/C14H7F6NS/c15-13(16,17)7-1-3-9-11(5-7)22-12-6-8(14(18,19)20)2-4-10(12)21-9/h1-6,21H. The molecule has 0 spiro atoms. The molecule has 0 saturated carbocycles. The third-order valence-electron chi connectivity index (χ3n) is 3.11. The lowest BCUT2D eigenvalue weighted by molar-refractivity contribution is -0.138. The van der Waals surface area contributed by atoms with E-state index in [1.54, 1.807) is 0 Å². The van der Waals surface area contributed by atoms with E-state index in [4.69, 9.17) is 0 Å². The van der Waals surface area contributed by atoms with Crippen molar-refractivity contribution in [1.29, 1.82) is 0 Å². The van der Waals surface area contributed by atoms with Crippen molar-refractivity contribution < 1.29 is 26.3 Å². The lowest BCUT2D eigenvalue weighted by Gasteiger charge is -2.22. The summed E-state index contributed by atoms with van der Waals surface area (Å²) in [7, 11) is 0. The highest BCUT2D eigenvalue weighted by atomic mass is 32.2. The van der Waals surface area contributed by atoms with Crippen molar-refractivity contribution in [2.45, 2.75) is 22.1 Å². The Morgan fingerprint density at radius 1 is 0.682 bits per heavy atom. The second kappa shape index (κ2) is 4.84. The first kappa shape index (κ1) is 15.1. The van der Waals surface area contributed by atoms with Gasteiger partial charge in [-0.15, -0.1) is 0 Å². The van der Waals surface area contributed by atoms with Crippen LogP contribution in [0.15, 0.2) is 46.2 Å². The lowest BCUT2D eigenvalue weighted by Crippen LogP contribution is -2.09. The number of benzene rings is 2. The van der Waals surface area contributed by atoms with Crippen LogP contribution in [0, 0.1) is 0 Å². The molecule has 1 aliphatic heterocycles. The van der Waals surface area contributed by atoms with E-state index in [0.29, 0.717) is 11.4 Å². The van der Waals surface area contributed by atoms with Crippen LogP contribution in [0.1, 0.15) is 11.1 Å². The molecule has 0 atom stereocenters. The highest BCUT2D eigenvalue weighted by molar-refractivity contribution is 7.99. The maximum absolute atomic E-state index is 12.7. The van der Waals surface area contributed by atoms with Gasteiger partial charge >= 0.3 is 12.4 Å². The number of hydrogen-bond acceptors (Lipinski definition) is 2. The number of nitrogens with one attached hydrogen (secondary N) is 1. The molecule has 0 aromatic heterocycles. The number of alkyl halides is 6. The van der Waals surface area contributed by atoms with Gasteiger partial charge in [0, 0.05) is 9.79 Å². The molecule has 0 amide bonds. The predicted octanol–water partition coefficient (Wildman–Crippen LogP) is 5.93. The molecule has 116 valence electrons. The zero-order valence-electron chi connectivity index (χ0n) is 10.6. The van der Waals surface area contributed by atoms with Gasteiger partial charge in [0.15, 0.2) is 0 Å². The van der Waals surface area contributed by atoms with Gasteiger partial charge in [0.1, 0.15) is 0 Å². The fourth-order valence-corrected chi connectivity index (χ4v) is 3.10. The van der Waals surface area contributed by atoms with Crippen molar-refractivity contribution in [3.63, 3.8) is 0 Å². The Balaban J connectivity index is 2.00. The second-order valence-corrected chi connectivity index (χ2v) is 5.73. The van der Waals surface area contributed by atoms with E-state index in [1.807, 2.05) is 0 Å². The van der Waals surface area contributed by atoms with E-state index in [9.17, 15) is 26.3 Å². The molecular formula is C14H7F6NS. The third-order valence-corrected chi connectivity index (χ3v) is 4.22. The second-order valence-electron chi connectivity index (χ2n) is 4.64. The van der Waals surface area contributed by atoms with Crippen molar-refractivity contribution in [1.82, 2.24) is 0 Å². The monoisotopic (exact) mass is 335 g/mol. The zero-order chi connectivity index (χ0) is 16.1. The maximum atomic E-state index is 12.7. The van der Waals surface area contributed by atoms with E-state index in [0.717, 1.165) is 36.0 Å². The van der Waals surface area contributed by atoms with Gasteiger partial charge in [0.25, 0.3) is 0 Å². The molecule has 1 aliphatic rings. The molecular weight excluding hydrogens is 328 g/mol. The molecule has 8 heteroatoms. The number of anilines is 2. The van der Waals surface area contributed by atoms with Crippen LogP contribution in [-0.4, -0.2) is 0 Å². The summed E-state index contributed by atoms with van der Waals surface area (Å²) in [5.74, 6) is 0.